The van der Waals surface area contributed by atoms with Crippen LogP contribution in [-0.2, 0) is 6.54 Å². The fourth-order valence-corrected chi connectivity index (χ4v) is 2.40. The molecule has 2 aromatic carbocycles. The van der Waals surface area contributed by atoms with Crippen molar-refractivity contribution in [1.82, 2.24) is 0 Å². The molecule has 0 spiro atoms. The Morgan fingerprint density at radius 2 is 2.06 bits per heavy atom. The molecule has 0 saturated heterocycles. The van der Waals surface area contributed by atoms with Crippen LogP contribution in [0.1, 0.15) is 5.56 Å². The zero-order valence-electron chi connectivity index (χ0n) is 9.91. The molecule has 0 radical (unpaired) electrons. The summed E-state index contributed by atoms with van der Waals surface area (Å²) in [7, 11) is 1.66. The molecule has 0 heterocycles. The Bertz CT molecular complexity index is 545. The highest BCUT2D eigenvalue weighted by atomic mass is 79.9. The molecule has 0 aliphatic heterocycles. The van der Waals surface area contributed by atoms with Crippen molar-refractivity contribution in [2.75, 3.05) is 12.4 Å². The molecule has 18 heavy (non-hydrogen) atoms. The zero-order chi connectivity index (χ0) is 13.0. The second kappa shape index (κ2) is 6.12. The summed E-state index contributed by atoms with van der Waals surface area (Å²) >= 11 is 9.40. The zero-order valence-corrected chi connectivity index (χ0v) is 12.3. The summed E-state index contributed by atoms with van der Waals surface area (Å²) in [5.41, 5.74) is 2.18. The average molecular weight is 327 g/mol. The van der Waals surface area contributed by atoms with E-state index in [0.29, 0.717) is 0 Å². The van der Waals surface area contributed by atoms with Crippen molar-refractivity contribution in [2.45, 2.75) is 6.54 Å². The molecular formula is C14H13BrClNO. The van der Waals surface area contributed by atoms with Gasteiger partial charge in [0, 0.05) is 17.3 Å². The van der Waals surface area contributed by atoms with Gasteiger partial charge >= 0.3 is 0 Å². The third-order valence-electron chi connectivity index (χ3n) is 2.54. The van der Waals surface area contributed by atoms with Crippen LogP contribution in [0.3, 0.4) is 0 Å². The molecule has 94 valence electrons. The average Bonchev–Trinajstić information content (AvgIpc) is 2.37. The molecule has 0 unspecified atom stereocenters. The molecule has 0 fully saturated rings. The molecule has 0 aromatic heterocycles. The van der Waals surface area contributed by atoms with Crippen LogP contribution in [0.4, 0.5) is 5.69 Å². The summed E-state index contributed by atoms with van der Waals surface area (Å²) in [5, 5.41) is 4.05. The smallest absolute Gasteiger partial charge is 0.133 e. The van der Waals surface area contributed by atoms with Crippen molar-refractivity contribution >= 4 is 33.2 Å². The largest absolute Gasteiger partial charge is 0.496 e. The SMILES string of the molecule is COc1ccc(CNc2cccc(Cl)c2)cc1Br. The molecule has 2 aromatic rings. The van der Waals surface area contributed by atoms with Gasteiger partial charge in [-0.1, -0.05) is 23.7 Å². The fourth-order valence-electron chi connectivity index (χ4n) is 1.62. The Balaban J connectivity index is 2.04. The van der Waals surface area contributed by atoms with Crippen LogP contribution in [0.15, 0.2) is 46.9 Å². The van der Waals surface area contributed by atoms with E-state index in [1.807, 2.05) is 42.5 Å². The number of hydrogen-bond donors (Lipinski definition) is 1. The van der Waals surface area contributed by atoms with Crippen molar-refractivity contribution in [2.24, 2.45) is 0 Å². The Hall–Kier alpha value is -1.19. The lowest BCUT2D eigenvalue weighted by Gasteiger charge is -2.09. The molecule has 0 aliphatic carbocycles. The van der Waals surface area contributed by atoms with Gasteiger partial charge in [-0.25, -0.2) is 0 Å². The topological polar surface area (TPSA) is 21.3 Å². The quantitative estimate of drug-likeness (QED) is 0.877. The normalized spacial score (nSPS) is 10.2. The van der Waals surface area contributed by atoms with E-state index in [9.17, 15) is 0 Å². The molecule has 0 saturated carbocycles. The first-order valence-electron chi connectivity index (χ1n) is 5.51. The first-order valence-corrected chi connectivity index (χ1v) is 6.68. The van der Waals surface area contributed by atoms with Crippen LogP contribution >= 0.6 is 27.5 Å². The standard InChI is InChI=1S/C14H13BrClNO/c1-18-14-6-5-10(7-13(14)15)9-17-12-4-2-3-11(16)8-12/h2-8,17H,9H2,1H3. The minimum absolute atomic E-state index is 0.732. The highest BCUT2D eigenvalue weighted by Gasteiger charge is 2.01. The minimum atomic E-state index is 0.732. The summed E-state index contributed by atoms with van der Waals surface area (Å²) in [6, 6.07) is 13.7. The molecule has 0 aliphatic rings. The molecule has 2 rings (SSSR count). The highest BCUT2D eigenvalue weighted by molar-refractivity contribution is 9.10. The summed E-state index contributed by atoms with van der Waals surface area (Å²) in [4.78, 5) is 0. The number of rotatable bonds is 4. The lowest BCUT2D eigenvalue weighted by Crippen LogP contribution is -1.99. The van der Waals surface area contributed by atoms with E-state index in [1.165, 1.54) is 5.56 Å². The van der Waals surface area contributed by atoms with Gasteiger partial charge < -0.3 is 10.1 Å². The van der Waals surface area contributed by atoms with E-state index in [1.54, 1.807) is 7.11 Å². The second-order valence-corrected chi connectivity index (χ2v) is 5.12. The van der Waals surface area contributed by atoms with Crippen molar-refractivity contribution < 1.29 is 4.74 Å². The minimum Gasteiger partial charge on any atom is -0.496 e. The van der Waals surface area contributed by atoms with Gasteiger partial charge in [0.15, 0.2) is 0 Å². The number of halogens is 2. The summed E-state index contributed by atoms with van der Waals surface area (Å²) in [5.74, 6) is 0.835. The van der Waals surface area contributed by atoms with E-state index in [2.05, 4.69) is 21.2 Å². The Morgan fingerprint density at radius 3 is 2.72 bits per heavy atom. The summed E-state index contributed by atoms with van der Waals surface area (Å²) < 4.78 is 6.15. The maximum Gasteiger partial charge on any atom is 0.133 e. The molecule has 0 atom stereocenters. The van der Waals surface area contributed by atoms with E-state index in [0.717, 1.165) is 27.5 Å². The Morgan fingerprint density at radius 1 is 1.22 bits per heavy atom. The summed E-state index contributed by atoms with van der Waals surface area (Å²) in [6.07, 6.45) is 0. The number of ether oxygens (including phenoxy) is 1. The second-order valence-electron chi connectivity index (χ2n) is 3.83. The van der Waals surface area contributed by atoms with Gasteiger partial charge in [0.1, 0.15) is 5.75 Å². The first kappa shape index (κ1) is 13.2. The predicted octanol–water partition coefficient (Wildman–Crippen LogP) is 4.72. The van der Waals surface area contributed by atoms with Crippen LogP contribution in [0.25, 0.3) is 0 Å². The number of methoxy groups -OCH3 is 1. The number of anilines is 1. The molecule has 0 amide bonds. The highest BCUT2D eigenvalue weighted by Crippen LogP contribution is 2.26. The van der Waals surface area contributed by atoms with Crippen LogP contribution in [0.5, 0.6) is 5.75 Å². The van der Waals surface area contributed by atoms with Crippen LogP contribution < -0.4 is 10.1 Å². The van der Waals surface area contributed by atoms with Crippen molar-refractivity contribution in [1.29, 1.82) is 0 Å². The maximum absolute atomic E-state index is 5.93. The maximum atomic E-state index is 5.93. The molecule has 4 heteroatoms. The van der Waals surface area contributed by atoms with E-state index in [4.69, 9.17) is 16.3 Å². The Kier molecular flexibility index (Phi) is 4.50. The van der Waals surface area contributed by atoms with Crippen LogP contribution in [0, 0.1) is 0 Å². The predicted molar refractivity (Wildman–Crippen MR) is 79.5 cm³/mol. The van der Waals surface area contributed by atoms with Crippen LogP contribution in [0.2, 0.25) is 5.02 Å². The number of benzene rings is 2. The third-order valence-corrected chi connectivity index (χ3v) is 3.39. The van der Waals surface area contributed by atoms with E-state index in [-0.39, 0.29) is 0 Å². The van der Waals surface area contributed by atoms with Gasteiger partial charge in [0.25, 0.3) is 0 Å². The fraction of sp³-hybridized carbons (Fsp3) is 0.143. The van der Waals surface area contributed by atoms with Gasteiger partial charge in [-0.3, -0.25) is 0 Å². The summed E-state index contributed by atoms with van der Waals surface area (Å²) in [6.45, 7) is 0.739. The van der Waals surface area contributed by atoms with E-state index < -0.39 is 0 Å². The monoisotopic (exact) mass is 325 g/mol. The van der Waals surface area contributed by atoms with E-state index >= 15 is 0 Å². The van der Waals surface area contributed by atoms with Crippen molar-refractivity contribution in [3.63, 3.8) is 0 Å². The number of nitrogens with one attached hydrogen (secondary N) is 1. The molecule has 2 nitrogen and oxygen atoms in total. The lowest BCUT2D eigenvalue weighted by atomic mass is 10.2. The van der Waals surface area contributed by atoms with Gasteiger partial charge in [-0.2, -0.15) is 0 Å². The Labute approximate surface area is 120 Å². The molecular weight excluding hydrogens is 314 g/mol. The first-order chi connectivity index (χ1) is 8.69. The number of hydrogen-bond acceptors (Lipinski definition) is 2. The van der Waals surface area contributed by atoms with Gasteiger partial charge in [-0.15, -0.1) is 0 Å². The van der Waals surface area contributed by atoms with Crippen molar-refractivity contribution in [3.05, 3.63) is 57.5 Å². The third kappa shape index (κ3) is 3.40. The van der Waals surface area contributed by atoms with Crippen LogP contribution in [-0.4, -0.2) is 7.11 Å². The van der Waals surface area contributed by atoms with Gasteiger partial charge in [0.2, 0.25) is 0 Å². The lowest BCUT2D eigenvalue weighted by molar-refractivity contribution is 0.412. The van der Waals surface area contributed by atoms with Crippen molar-refractivity contribution in [3.8, 4) is 5.75 Å². The molecule has 0 bridgehead atoms. The van der Waals surface area contributed by atoms with Gasteiger partial charge in [0.05, 0.1) is 11.6 Å². The van der Waals surface area contributed by atoms with Gasteiger partial charge in [-0.05, 0) is 51.8 Å². The molecule has 1 N–H and O–H groups in total.